The Balaban J connectivity index is 2.19. The van der Waals surface area contributed by atoms with E-state index in [0.29, 0.717) is 12.3 Å². The summed E-state index contributed by atoms with van der Waals surface area (Å²) in [4.78, 5) is 0. The zero-order valence-electron chi connectivity index (χ0n) is 14.7. The van der Waals surface area contributed by atoms with Gasteiger partial charge >= 0.3 is 0 Å². The monoisotopic (exact) mass is 362 g/mol. The lowest BCUT2D eigenvalue weighted by Crippen LogP contribution is -1.97. The lowest BCUT2D eigenvalue weighted by molar-refractivity contribution is 0.299. The Morgan fingerprint density at radius 2 is 1.23 bits per heavy atom. The van der Waals surface area contributed by atoms with Crippen LogP contribution in [-0.4, -0.2) is 17.6 Å². The highest BCUT2D eigenvalue weighted by Gasteiger charge is 2.13. The highest BCUT2D eigenvalue weighted by atomic mass is 35.5. The van der Waals surface area contributed by atoms with Gasteiger partial charge in [-0.15, -0.1) is 11.6 Å². The Hall–Kier alpha value is -2.35. The van der Waals surface area contributed by atoms with Crippen LogP contribution in [0.2, 0.25) is 0 Å². The number of aliphatic hydroxyl groups excluding tert-OH is 1. The van der Waals surface area contributed by atoms with Crippen LogP contribution in [-0.2, 0) is 6.42 Å². The average Bonchev–Trinajstić information content (AvgIpc) is 2.70. The molecule has 0 radical (unpaired) electrons. The highest BCUT2D eigenvalue weighted by Crippen LogP contribution is 2.34. The van der Waals surface area contributed by atoms with Crippen LogP contribution in [0.3, 0.4) is 0 Å². The van der Waals surface area contributed by atoms with Crippen LogP contribution >= 0.6 is 11.6 Å². The van der Waals surface area contributed by atoms with Crippen molar-refractivity contribution in [1.82, 2.24) is 0 Å². The number of aliphatic hydroxyl groups is 1. The van der Waals surface area contributed by atoms with E-state index in [9.17, 15) is 0 Å². The Morgan fingerprint density at radius 3 is 1.77 bits per heavy atom. The largest absolute Gasteiger partial charge is 0.396 e. The van der Waals surface area contributed by atoms with Crippen molar-refractivity contribution in [2.24, 2.45) is 0 Å². The van der Waals surface area contributed by atoms with Crippen LogP contribution in [0.15, 0.2) is 84.9 Å². The highest BCUT2D eigenvalue weighted by molar-refractivity contribution is 6.18. The molecule has 0 atom stereocenters. The maximum absolute atomic E-state index is 9.16. The molecule has 2 heteroatoms. The molecular weight excluding hydrogens is 340 g/mol. The second-order valence-electron chi connectivity index (χ2n) is 6.20. The lowest BCUT2D eigenvalue weighted by Gasteiger charge is -2.17. The molecule has 0 aliphatic heterocycles. The molecule has 0 fully saturated rings. The zero-order chi connectivity index (χ0) is 18.2. The van der Waals surface area contributed by atoms with E-state index in [2.05, 4.69) is 72.8 Å². The molecule has 26 heavy (non-hydrogen) atoms. The Bertz CT molecular complexity index is 836. The van der Waals surface area contributed by atoms with Gasteiger partial charge in [0.25, 0.3) is 0 Å². The number of allylic oxidation sites excluding steroid dienone is 1. The third-order valence-electron chi connectivity index (χ3n) is 4.47. The average molecular weight is 363 g/mol. The molecule has 0 bridgehead atoms. The van der Waals surface area contributed by atoms with Crippen LogP contribution in [0.5, 0.6) is 0 Å². The molecule has 132 valence electrons. The number of hydrogen-bond acceptors (Lipinski definition) is 1. The summed E-state index contributed by atoms with van der Waals surface area (Å²) in [6, 6.07) is 29.4. The summed E-state index contributed by atoms with van der Waals surface area (Å²) in [7, 11) is 0. The third kappa shape index (κ3) is 4.43. The first kappa shape index (κ1) is 18.4. The van der Waals surface area contributed by atoms with Crippen molar-refractivity contribution >= 4 is 22.7 Å². The Labute approximate surface area is 160 Å². The minimum Gasteiger partial charge on any atom is -0.396 e. The molecule has 0 aromatic heterocycles. The predicted molar refractivity (Wildman–Crippen MR) is 111 cm³/mol. The summed E-state index contributed by atoms with van der Waals surface area (Å²) in [5.74, 6) is 0.573. The second kappa shape index (κ2) is 9.38. The van der Waals surface area contributed by atoms with Gasteiger partial charge in [-0.1, -0.05) is 84.9 Å². The van der Waals surface area contributed by atoms with E-state index in [-0.39, 0.29) is 6.61 Å². The summed E-state index contributed by atoms with van der Waals surface area (Å²) in [5.41, 5.74) is 7.16. The van der Waals surface area contributed by atoms with Crippen LogP contribution in [0.1, 0.15) is 28.7 Å². The summed E-state index contributed by atoms with van der Waals surface area (Å²) in [5, 5.41) is 9.16. The minimum absolute atomic E-state index is 0.169. The number of alkyl halides is 1. The number of rotatable bonds is 7. The van der Waals surface area contributed by atoms with E-state index in [1.165, 1.54) is 27.8 Å². The SMILES string of the molecule is OCCc1ccc(C(=C(CCCl)c2ccccc2)c2ccccc2)cc1. The van der Waals surface area contributed by atoms with Crippen LogP contribution in [0.25, 0.3) is 11.1 Å². The van der Waals surface area contributed by atoms with Gasteiger partial charge in [-0.2, -0.15) is 0 Å². The fraction of sp³-hybridized carbons (Fsp3) is 0.167. The van der Waals surface area contributed by atoms with E-state index < -0.39 is 0 Å². The second-order valence-corrected chi connectivity index (χ2v) is 6.57. The molecule has 0 spiro atoms. The van der Waals surface area contributed by atoms with E-state index in [1.54, 1.807) is 0 Å². The van der Waals surface area contributed by atoms with E-state index in [1.807, 2.05) is 12.1 Å². The zero-order valence-corrected chi connectivity index (χ0v) is 15.5. The smallest absolute Gasteiger partial charge is 0.0471 e. The molecule has 0 heterocycles. The predicted octanol–water partition coefficient (Wildman–Crippen LogP) is 5.81. The van der Waals surface area contributed by atoms with Crippen LogP contribution in [0.4, 0.5) is 0 Å². The van der Waals surface area contributed by atoms with Gasteiger partial charge in [-0.05, 0) is 46.2 Å². The van der Waals surface area contributed by atoms with Gasteiger partial charge in [-0.25, -0.2) is 0 Å². The van der Waals surface area contributed by atoms with Gasteiger partial charge in [0.05, 0.1) is 0 Å². The molecule has 1 N–H and O–H groups in total. The quantitative estimate of drug-likeness (QED) is 0.415. The first-order valence-electron chi connectivity index (χ1n) is 8.93. The normalized spacial score (nSPS) is 11.9. The van der Waals surface area contributed by atoms with Crippen molar-refractivity contribution in [3.63, 3.8) is 0 Å². The molecule has 0 amide bonds. The Morgan fingerprint density at radius 1 is 0.692 bits per heavy atom. The molecule has 0 aliphatic rings. The fourth-order valence-corrected chi connectivity index (χ4v) is 3.42. The summed E-state index contributed by atoms with van der Waals surface area (Å²) >= 11 is 6.17. The van der Waals surface area contributed by atoms with Crippen molar-refractivity contribution < 1.29 is 5.11 Å². The number of halogens is 1. The minimum atomic E-state index is 0.169. The summed E-state index contributed by atoms with van der Waals surface area (Å²) < 4.78 is 0. The van der Waals surface area contributed by atoms with Crippen molar-refractivity contribution in [1.29, 1.82) is 0 Å². The van der Waals surface area contributed by atoms with Gasteiger partial charge < -0.3 is 5.11 Å². The van der Waals surface area contributed by atoms with E-state index >= 15 is 0 Å². The molecule has 0 unspecified atom stereocenters. The van der Waals surface area contributed by atoms with Crippen molar-refractivity contribution in [2.45, 2.75) is 12.8 Å². The molecule has 3 aromatic rings. The first-order valence-corrected chi connectivity index (χ1v) is 9.47. The van der Waals surface area contributed by atoms with Crippen molar-refractivity contribution in [2.75, 3.05) is 12.5 Å². The molecule has 3 aromatic carbocycles. The van der Waals surface area contributed by atoms with Gasteiger partial charge in [0.15, 0.2) is 0 Å². The first-order chi connectivity index (χ1) is 12.8. The molecular formula is C24H23ClO. The van der Waals surface area contributed by atoms with Crippen LogP contribution < -0.4 is 0 Å². The van der Waals surface area contributed by atoms with E-state index in [4.69, 9.17) is 16.7 Å². The maximum Gasteiger partial charge on any atom is 0.0471 e. The standard InChI is InChI=1S/C24H23ClO/c25-17-15-23(20-7-3-1-4-8-20)24(21-9-5-2-6-10-21)22-13-11-19(12-14-22)16-18-26/h1-14,26H,15-18H2. The fourth-order valence-electron chi connectivity index (χ4n) is 3.23. The van der Waals surface area contributed by atoms with E-state index in [0.717, 1.165) is 12.0 Å². The molecule has 3 rings (SSSR count). The summed E-state index contributed by atoms with van der Waals surface area (Å²) in [6.07, 6.45) is 1.48. The summed E-state index contributed by atoms with van der Waals surface area (Å²) in [6.45, 7) is 0.169. The van der Waals surface area contributed by atoms with Crippen molar-refractivity contribution in [3.8, 4) is 0 Å². The van der Waals surface area contributed by atoms with Gasteiger partial charge in [0, 0.05) is 12.5 Å². The lowest BCUT2D eigenvalue weighted by atomic mass is 9.88. The van der Waals surface area contributed by atoms with Crippen LogP contribution in [0, 0.1) is 0 Å². The molecule has 0 saturated heterocycles. The maximum atomic E-state index is 9.16. The van der Waals surface area contributed by atoms with Gasteiger partial charge in [-0.3, -0.25) is 0 Å². The molecule has 1 nitrogen and oxygen atoms in total. The van der Waals surface area contributed by atoms with Gasteiger partial charge in [0.2, 0.25) is 0 Å². The molecule has 0 saturated carbocycles. The number of benzene rings is 3. The van der Waals surface area contributed by atoms with Crippen molar-refractivity contribution in [3.05, 3.63) is 107 Å². The number of hydrogen-bond donors (Lipinski definition) is 1. The van der Waals surface area contributed by atoms with Gasteiger partial charge in [0.1, 0.15) is 0 Å². The molecule has 0 aliphatic carbocycles. The Kier molecular flexibility index (Phi) is 6.65. The third-order valence-corrected chi connectivity index (χ3v) is 4.66. The topological polar surface area (TPSA) is 20.2 Å².